The SMILES string of the molecule is CCCCCCCCCCCCCCCC(=O)C(O)CON(CCN=C(C)CCCCC(C)C)CCN=C(C)CC(C)C. The highest BCUT2D eigenvalue weighted by atomic mass is 16.7. The van der Waals surface area contributed by atoms with Gasteiger partial charge >= 0.3 is 0 Å². The fourth-order valence-electron chi connectivity index (χ4n) is 5.37. The zero-order chi connectivity index (χ0) is 32.1. The van der Waals surface area contributed by atoms with Crippen molar-refractivity contribution in [2.75, 3.05) is 32.8 Å². The highest BCUT2D eigenvalue weighted by Crippen LogP contribution is 2.14. The van der Waals surface area contributed by atoms with Crippen LogP contribution in [0.1, 0.15) is 170 Å². The monoisotopic (exact) mass is 608 g/mol. The molecule has 1 unspecified atom stereocenters. The third-order valence-corrected chi connectivity index (χ3v) is 8.05. The van der Waals surface area contributed by atoms with Gasteiger partial charge in [0.05, 0.1) is 13.1 Å². The summed E-state index contributed by atoms with van der Waals surface area (Å²) >= 11 is 0. The average molecular weight is 608 g/mol. The highest BCUT2D eigenvalue weighted by Gasteiger charge is 2.17. The molecule has 0 aromatic carbocycles. The standard InChI is InChI=1S/C37H73N3O3/c1-8-9-10-11-12-13-14-15-16-17-18-19-20-25-36(41)37(42)31-43-40(29-27-39-35(7)30-33(4)5)28-26-38-34(6)24-22-21-23-32(2)3/h32-33,37,42H,8-31H2,1-7H3. The number of aliphatic imine (C=N–C) groups is 2. The maximum Gasteiger partial charge on any atom is 0.163 e. The molecule has 0 aliphatic carbocycles. The lowest BCUT2D eigenvalue weighted by atomic mass is 10.0. The zero-order valence-electron chi connectivity index (χ0n) is 29.8. The number of ketones is 1. The van der Waals surface area contributed by atoms with E-state index in [1.54, 1.807) is 0 Å². The molecule has 6 heteroatoms. The van der Waals surface area contributed by atoms with Crippen LogP contribution in [0.4, 0.5) is 0 Å². The van der Waals surface area contributed by atoms with Crippen LogP contribution in [0.25, 0.3) is 0 Å². The van der Waals surface area contributed by atoms with Crippen LogP contribution in [0.2, 0.25) is 0 Å². The van der Waals surface area contributed by atoms with E-state index in [1.165, 1.54) is 95.6 Å². The maximum absolute atomic E-state index is 12.5. The topological polar surface area (TPSA) is 74.5 Å². The van der Waals surface area contributed by atoms with Crippen molar-refractivity contribution in [3.8, 4) is 0 Å². The molecule has 0 saturated heterocycles. The number of Topliss-reactive ketones (excluding diaryl/α,β-unsaturated/α-hetero) is 1. The first-order valence-electron chi connectivity index (χ1n) is 18.2. The number of carbonyl (C=O) groups excluding carboxylic acids is 1. The first-order valence-corrected chi connectivity index (χ1v) is 18.2. The number of hydroxylamine groups is 2. The van der Waals surface area contributed by atoms with Crippen molar-refractivity contribution in [2.24, 2.45) is 21.8 Å². The van der Waals surface area contributed by atoms with Crippen LogP contribution in [0.15, 0.2) is 9.98 Å². The van der Waals surface area contributed by atoms with Crippen molar-refractivity contribution in [3.63, 3.8) is 0 Å². The molecule has 0 heterocycles. The van der Waals surface area contributed by atoms with Crippen LogP contribution in [0.3, 0.4) is 0 Å². The van der Waals surface area contributed by atoms with Crippen LogP contribution in [-0.2, 0) is 9.63 Å². The van der Waals surface area contributed by atoms with Gasteiger partial charge in [-0.1, -0.05) is 125 Å². The fraction of sp³-hybridized carbons (Fsp3) is 0.919. The van der Waals surface area contributed by atoms with Crippen LogP contribution in [0.5, 0.6) is 0 Å². The summed E-state index contributed by atoms with van der Waals surface area (Å²) in [5, 5.41) is 12.3. The number of nitrogens with zero attached hydrogens (tertiary/aromatic N) is 3. The molecule has 0 aliphatic rings. The molecule has 0 spiro atoms. The van der Waals surface area contributed by atoms with Crippen LogP contribution in [-0.4, -0.2) is 66.3 Å². The van der Waals surface area contributed by atoms with Crippen LogP contribution < -0.4 is 0 Å². The Balaban J connectivity index is 4.35. The second kappa shape index (κ2) is 29.6. The third kappa shape index (κ3) is 29.4. The normalized spacial score (nSPS) is 13.6. The van der Waals surface area contributed by atoms with Gasteiger partial charge in [0.25, 0.3) is 0 Å². The number of hydrogen-bond donors (Lipinski definition) is 1. The molecule has 254 valence electrons. The zero-order valence-corrected chi connectivity index (χ0v) is 29.8. The van der Waals surface area contributed by atoms with Gasteiger partial charge in [0.1, 0.15) is 12.7 Å². The molecule has 0 bridgehead atoms. The van der Waals surface area contributed by atoms with E-state index < -0.39 is 6.10 Å². The highest BCUT2D eigenvalue weighted by molar-refractivity contribution is 5.83. The minimum atomic E-state index is -1.07. The first-order chi connectivity index (χ1) is 20.6. The number of carbonyl (C=O) groups is 1. The second-order valence-corrected chi connectivity index (χ2v) is 13.7. The Kier molecular flexibility index (Phi) is 28.8. The largest absolute Gasteiger partial charge is 0.383 e. The van der Waals surface area contributed by atoms with Gasteiger partial charge in [-0.25, -0.2) is 0 Å². The molecular weight excluding hydrogens is 534 g/mol. The molecule has 0 rings (SSSR count). The molecule has 43 heavy (non-hydrogen) atoms. The van der Waals surface area contributed by atoms with Crippen LogP contribution >= 0.6 is 0 Å². The number of rotatable bonds is 31. The van der Waals surface area contributed by atoms with E-state index in [-0.39, 0.29) is 12.4 Å². The average Bonchev–Trinajstić information content (AvgIpc) is 2.95. The van der Waals surface area contributed by atoms with Gasteiger partial charge in [-0.15, -0.1) is 0 Å². The van der Waals surface area contributed by atoms with Crippen molar-refractivity contribution in [1.29, 1.82) is 0 Å². The van der Waals surface area contributed by atoms with Crippen molar-refractivity contribution in [3.05, 3.63) is 0 Å². The Morgan fingerprint density at radius 3 is 1.67 bits per heavy atom. The second-order valence-electron chi connectivity index (χ2n) is 13.7. The summed E-state index contributed by atoms with van der Waals surface area (Å²) in [5.74, 6) is 1.24. The smallest absolute Gasteiger partial charge is 0.163 e. The van der Waals surface area contributed by atoms with Crippen molar-refractivity contribution >= 4 is 17.2 Å². The van der Waals surface area contributed by atoms with E-state index in [2.05, 4.69) is 48.5 Å². The van der Waals surface area contributed by atoms with Gasteiger partial charge in [0.2, 0.25) is 0 Å². The molecule has 0 aromatic rings. The third-order valence-electron chi connectivity index (χ3n) is 8.05. The van der Waals surface area contributed by atoms with E-state index in [9.17, 15) is 9.90 Å². The van der Waals surface area contributed by atoms with Gasteiger partial charge < -0.3 is 5.11 Å². The first kappa shape index (κ1) is 41.9. The van der Waals surface area contributed by atoms with Gasteiger partial charge in [0.15, 0.2) is 5.78 Å². The maximum atomic E-state index is 12.5. The summed E-state index contributed by atoms with van der Waals surface area (Å²) in [7, 11) is 0. The van der Waals surface area contributed by atoms with Crippen molar-refractivity contribution in [2.45, 2.75) is 177 Å². The molecule has 1 atom stereocenters. The lowest BCUT2D eigenvalue weighted by Crippen LogP contribution is -2.35. The summed E-state index contributed by atoms with van der Waals surface area (Å²) in [6.07, 6.45) is 21.7. The van der Waals surface area contributed by atoms with E-state index in [0.29, 0.717) is 38.5 Å². The Morgan fingerprint density at radius 1 is 0.674 bits per heavy atom. The minimum absolute atomic E-state index is 0.00384. The van der Waals surface area contributed by atoms with Gasteiger partial charge in [0, 0.05) is 30.9 Å². The number of aliphatic hydroxyl groups is 1. The molecule has 0 aromatic heterocycles. The van der Waals surface area contributed by atoms with Crippen LogP contribution in [0, 0.1) is 11.8 Å². The number of hydrogen-bond acceptors (Lipinski definition) is 6. The summed E-state index contributed by atoms with van der Waals surface area (Å²) in [4.78, 5) is 27.9. The molecule has 0 saturated carbocycles. The predicted molar refractivity (Wildman–Crippen MR) is 188 cm³/mol. The molecule has 0 aliphatic heterocycles. The van der Waals surface area contributed by atoms with Gasteiger partial charge in [-0.3, -0.25) is 19.6 Å². The number of unbranched alkanes of at least 4 members (excludes halogenated alkanes) is 13. The predicted octanol–water partition coefficient (Wildman–Crippen LogP) is 9.82. The van der Waals surface area contributed by atoms with E-state index in [4.69, 9.17) is 14.8 Å². The Bertz CT molecular complexity index is 705. The Morgan fingerprint density at radius 2 is 1.16 bits per heavy atom. The summed E-state index contributed by atoms with van der Waals surface area (Å²) in [6, 6.07) is 0. The van der Waals surface area contributed by atoms with E-state index >= 15 is 0 Å². The lowest BCUT2D eigenvalue weighted by molar-refractivity contribution is -0.178. The molecule has 6 nitrogen and oxygen atoms in total. The number of aliphatic hydroxyl groups excluding tert-OH is 1. The summed E-state index contributed by atoms with van der Waals surface area (Å²) < 4.78 is 0. The summed E-state index contributed by atoms with van der Waals surface area (Å²) in [6.45, 7) is 17.9. The molecule has 0 fully saturated rings. The van der Waals surface area contributed by atoms with Gasteiger partial charge in [-0.05, 0) is 51.4 Å². The molecule has 0 amide bonds. The summed E-state index contributed by atoms with van der Waals surface area (Å²) in [5.41, 5.74) is 2.33. The van der Waals surface area contributed by atoms with E-state index in [1.807, 2.05) is 5.06 Å². The van der Waals surface area contributed by atoms with Crippen molar-refractivity contribution in [1.82, 2.24) is 5.06 Å². The lowest BCUT2D eigenvalue weighted by Gasteiger charge is -2.22. The van der Waals surface area contributed by atoms with E-state index in [0.717, 1.165) is 37.3 Å². The van der Waals surface area contributed by atoms with Gasteiger partial charge in [-0.2, -0.15) is 5.06 Å². The Labute approximate surface area is 267 Å². The minimum Gasteiger partial charge on any atom is -0.383 e. The van der Waals surface area contributed by atoms with Crippen molar-refractivity contribution < 1.29 is 14.7 Å². The fourth-order valence-corrected chi connectivity index (χ4v) is 5.37. The quantitative estimate of drug-likeness (QED) is 0.0483. The molecule has 0 radical (unpaired) electrons. The molecular formula is C37H73N3O3. The molecule has 1 N–H and O–H groups in total. The Hall–Kier alpha value is -1.11.